The highest BCUT2D eigenvalue weighted by Crippen LogP contribution is 2.06. The Balaban J connectivity index is 4.19. The molecule has 0 aromatic rings. The van der Waals surface area contributed by atoms with E-state index in [1.165, 1.54) is 0 Å². The van der Waals surface area contributed by atoms with E-state index in [0.29, 0.717) is 12.5 Å². The molecule has 0 aromatic carbocycles. The molecule has 0 fully saturated rings. The Morgan fingerprint density at radius 2 is 1.78 bits per heavy atom. The Bertz CT molecular complexity index is 284. The molecule has 0 aliphatic heterocycles. The lowest BCUT2D eigenvalue weighted by Crippen LogP contribution is -2.49. The van der Waals surface area contributed by atoms with Gasteiger partial charge in [-0.3, -0.25) is 4.79 Å². The summed E-state index contributed by atoms with van der Waals surface area (Å²) in [6, 6.07) is -0.876. The number of rotatable bonds is 6. The molecule has 2 amide bonds. The van der Waals surface area contributed by atoms with Gasteiger partial charge in [0.2, 0.25) is 5.91 Å². The Labute approximate surface area is 108 Å². The minimum atomic E-state index is -0.876. The van der Waals surface area contributed by atoms with Crippen LogP contribution in [0.25, 0.3) is 0 Å². The van der Waals surface area contributed by atoms with E-state index in [9.17, 15) is 9.59 Å². The van der Waals surface area contributed by atoms with Gasteiger partial charge in [-0.2, -0.15) is 0 Å². The number of primary amides is 1. The molecule has 0 bridgehead atoms. The third-order valence-electron chi connectivity index (χ3n) is 1.77. The summed E-state index contributed by atoms with van der Waals surface area (Å²) in [5.74, 6) is -0.301. The van der Waals surface area contributed by atoms with Crippen molar-refractivity contribution < 1.29 is 19.1 Å². The van der Waals surface area contributed by atoms with Crippen molar-refractivity contribution in [1.29, 1.82) is 0 Å². The fraction of sp³-hybridized carbons (Fsp3) is 0.833. The monoisotopic (exact) mass is 260 g/mol. The van der Waals surface area contributed by atoms with Gasteiger partial charge in [0.15, 0.2) is 0 Å². The molecule has 0 unspecified atom stereocenters. The molecule has 6 nitrogen and oxygen atoms in total. The van der Waals surface area contributed by atoms with Crippen molar-refractivity contribution >= 4 is 12.0 Å². The van der Waals surface area contributed by atoms with Gasteiger partial charge in [0, 0.05) is 6.61 Å². The number of ether oxygens (including phenoxy) is 2. The summed E-state index contributed by atoms with van der Waals surface area (Å²) in [6.45, 7) is 9.73. The summed E-state index contributed by atoms with van der Waals surface area (Å²) < 4.78 is 10.3. The molecule has 0 rings (SSSR count). The van der Waals surface area contributed by atoms with Crippen molar-refractivity contribution in [2.75, 3.05) is 13.2 Å². The fourth-order valence-electron chi connectivity index (χ4n) is 1.07. The van der Waals surface area contributed by atoms with Crippen molar-refractivity contribution in [3.8, 4) is 0 Å². The van der Waals surface area contributed by atoms with E-state index in [1.54, 1.807) is 20.8 Å². The third-order valence-corrected chi connectivity index (χ3v) is 1.77. The fourth-order valence-corrected chi connectivity index (χ4v) is 1.07. The number of nitrogens with two attached hydrogens (primary N) is 1. The number of hydrogen-bond acceptors (Lipinski definition) is 4. The second-order valence-corrected chi connectivity index (χ2v) is 5.53. The minimum absolute atomic E-state index is 0.0484. The van der Waals surface area contributed by atoms with E-state index in [-0.39, 0.29) is 6.61 Å². The van der Waals surface area contributed by atoms with Crippen LogP contribution in [0.2, 0.25) is 0 Å². The van der Waals surface area contributed by atoms with E-state index < -0.39 is 23.6 Å². The largest absolute Gasteiger partial charge is 0.444 e. The summed E-state index contributed by atoms with van der Waals surface area (Å²) in [5, 5.41) is 2.39. The van der Waals surface area contributed by atoms with Gasteiger partial charge in [-0.1, -0.05) is 13.8 Å². The van der Waals surface area contributed by atoms with E-state index >= 15 is 0 Å². The van der Waals surface area contributed by atoms with Crippen molar-refractivity contribution in [3.63, 3.8) is 0 Å². The Kier molecular flexibility index (Phi) is 6.68. The van der Waals surface area contributed by atoms with Gasteiger partial charge < -0.3 is 20.5 Å². The van der Waals surface area contributed by atoms with E-state index in [1.807, 2.05) is 13.8 Å². The predicted octanol–water partition coefficient (Wildman–Crippen LogP) is 1.04. The standard InChI is InChI=1S/C12H24N2O4/c1-8(2)6-17-7-9(10(13)15)14-11(16)18-12(3,4)5/h8-9H,6-7H2,1-5H3,(H2,13,15)(H,14,16)/t9-/m0/s1. The van der Waals surface area contributed by atoms with E-state index in [2.05, 4.69) is 5.32 Å². The van der Waals surface area contributed by atoms with Crippen LogP contribution in [0.5, 0.6) is 0 Å². The van der Waals surface area contributed by atoms with Crippen LogP contribution in [0.15, 0.2) is 0 Å². The molecular formula is C12H24N2O4. The third kappa shape index (κ3) is 8.81. The molecule has 0 aliphatic rings. The number of carbonyl (C=O) groups is 2. The molecule has 0 saturated carbocycles. The van der Waals surface area contributed by atoms with Crippen molar-refractivity contribution in [2.24, 2.45) is 11.7 Å². The summed E-state index contributed by atoms with van der Waals surface area (Å²) in [4.78, 5) is 22.6. The second kappa shape index (κ2) is 7.20. The molecule has 106 valence electrons. The minimum Gasteiger partial charge on any atom is -0.444 e. The summed E-state index contributed by atoms with van der Waals surface area (Å²) in [7, 11) is 0. The second-order valence-electron chi connectivity index (χ2n) is 5.53. The maximum absolute atomic E-state index is 11.5. The zero-order valence-corrected chi connectivity index (χ0v) is 11.8. The number of amides is 2. The van der Waals surface area contributed by atoms with Gasteiger partial charge in [0.1, 0.15) is 11.6 Å². The van der Waals surface area contributed by atoms with Crippen LogP contribution >= 0.6 is 0 Å². The predicted molar refractivity (Wildman–Crippen MR) is 68.0 cm³/mol. The van der Waals surface area contributed by atoms with Crippen LogP contribution in [-0.4, -0.2) is 36.9 Å². The molecule has 3 N–H and O–H groups in total. The SMILES string of the molecule is CC(C)COC[C@H](NC(=O)OC(C)(C)C)C(N)=O. The molecule has 0 spiro atoms. The molecule has 6 heteroatoms. The zero-order valence-electron chi connectivity index (χ0n) is 11.8. The Morgan fingerprint density at radius 3 is 2.17 bits per heavy atom. The van der Waals surface area contributed by atoms with Crippen molar-refractivity contribution in [3.05, 3.63) is 0 Å². The molecule has 18 heavy (non-hydrogen) atoms. The molecule has 1 atom stereocenters. The number of alkyl carbamates (subject to hydrolysis) is 1. The molecule has 0 heterocycles. The summed E-state index contributed by atoms with van der Waals surface area (Å²) in [6.07, 6.45) is -0.681. The van der Waals surface area contributed by atoms with Crippen molar-refractivity contribution in [2.45, 2.75) is 46.3 Å². The van der Waals surface area contributed by atoms with Crippen LogP contribution in [0.4, 0.5) is 4.79 Å². The number of hydrogen-bond donors (Lipinski definition) is 2. The van der Waals surface area contributed by atoms with Crippen LogP contribution < -0.4 is 11.1 Å². The first kappa shape index (κ1) is 16.7. The van der Waals surface area contributed by atoms with Gasteiger partial charge >= 0.3 is 6.09 Å². The smallest absolute Gasteiger partial charge is 0.408 e. The molecule has 0 radical (unpaired) electrons. The quantitative estimate of drug-likeness (QED) is 0.746. The first-order valence-corrected chi connectivity index (χ1v) is 5.98. The molecule has 0 saturated heterocycles. The highest BCUT2D eigenvalue weighted by atomic mass is 16.6. The Hall–Kier alpha value is -1.30. The lowest BCUT2D eigenvalue weighted by atomic mass is 10.2. The average Bonchev–Trinajstić information content (AvgIpc) is 2.12. The molecule has 0 aromatic heterocycles. The maximum Gasteiger partial charge on any atom is 0.408 e. The van der Waals surface area contributed by atoms with Gasteiger partial charge in [0.25, 0.3) is 0 Å². The first-order chi connectivity index (χ1) is 8.11. The Morgan fingerprint density at radius 1 is 1.22 bits per heavy atom. The van der Waals surface area contributed by atoms with Gasteiger partial charge in [-0.25, -0.2) is 4.79 Å². The maximum atomic E-state index is 11.5. The van der Waals surface area contributed by atoms with Crippen LogP contribution in [0.1, 0.15) is 34.6 Å². The molecular weight excluding hydrogens is 236 g/mol. The molecule has 0 aliphatic carbocycles. The first-order valence-electron chi connectivity index (χ1n) is 5.98. The highest BCUT2D eigenvalue weighted by molar-refractivity contribution is 5.84. The van der Waals surface area contributed by atoms with Gasteiger partial charge in [-0.15, -0.1) is 0 Å². The van der Waals surface area contributed by atoms with Gasteiger partial charge in [-0.05, 0) is 26.7 Å². The number of carbonyl (C=O) groups excluding carboxylic acids is 2. The lowest BCUT2D eigenvalue weighted by molar-refractivity contribution is -0.121. The zero-order chi connectivity index (χ0) is 14.3. The highest BCUT2D eigenvalue weighted by Gasteiger charge is 2.22. The van der Waals surface area contributed by atoms with Crippen LogP contribution in [0.3, 0.4) is 0 Å². The normalized spacial score (nSPS) is 13.2. The van der Waals surface area contributed by atoms with E-state index in [4.69, 9.17) is 15.2 Å². The number of nitrogens with one attached hydrogen (secondary N) is 1. The van der Waals surface area contributed by atoms with E-state index in [0.717, 1.165) is 0 Å². The van der Waals surface area contributed by atoms with Crippen LogP contribution in [-0.2, 0) is 14.3 Å². The van der Waals surface area contributed by atoms with Gasteiger partial charge in [0.05, 0.1) is 6.61 Å². The summed E-state index contributed by atoms with van der Waals surface area (Å²) >= 11 is 0. The van der Waals surface area contributed by atoms with Crippen molar-refractivity contribution in [1.82, 2.24) is 5.32 Å². The van der Waals surface area contributed by atoms with Crippen LogP contribution in [0, 0.1) is 5.92 Å². The average molecular weight is 260 g/mol. The summed E-state index contributed by atoms with van der Waals surface area (Å²) in [5.41, 5.74) is 4.56. The lowest BCUT2D eigenvalue weighted by Gasteiger charge is -2.22. The topological polar surface area (TPSA) is 90.7 Å².